The van der Waals surface area contributed by atoms with E-state index in [-0.39, 0.29) is 5.91 Å². The number of aryl methyl sites for hydroxylation is 3. The summed E-state index contributed by atoms with van der Waals surface area (Å²) < 4.78 is 1.88. The van der Waals surface area contributed by atoms with Crippen LogP contribution in [0.5, 0.6) is 0 Å². The Morgan fingerprint density at radius 1 is 1.29 bits per heavy atom. The minimum Gasteiger partial charge on any atom is -0.338 e. The van der Waals surface area contributed by atoms with Crippen LogP contribution in [0.3, 0.4) is 0 Å². The van der Waals surface area contributed by atoms with E-state index in [1.807, 2.05) is 36.5 Å². The van der Waals surface area contributed by atoms with Crippen molar-refractivity contribution in [3.63, 3.8) is 0 Å². The molecule has 2 atom stereocenters. The maximum Gasteiger partial charge on any atom is 0.257 e. The van der Waals surface area contributed by atoms with Crippen molar-refractivity contribution in [2.24, 2.45) is 5.92 Å². The van der Waals surface area contributed by atoms with E-state index in [1.54, 1.807) is 6.20 Å². The molecule has 126 valence electrons. The van der Waals surface area contributed by atoms with Gasteiger partial charge in [-0.1, -0.05) is 0 Å². The Kier molecular flexibility index (Phi) is 3.62. The lowest BCUT2D eigenvalue weighted by Gasteiger charge is -2.25. The highest BCUT2D eigenvalue weighted by Gasteiger charge is 2.41. The number of fused-ring (bicyclic) bond motifs is 3. The summed E-state index contributed by atoms with van der Waals surface area (Å²) in [4.78, 5) is 24.0. The highest BCUT2D eigenvalue weighted by molar-refractivity contribution is 5.95. The zero-order valence-electron chi connectivity index (χ0n) is 14.5. The van der Waals surface area contributed by atoms with Gasteiger partial charge in [0.05, 0.1) is 17.5 Å². The Morgan fingerprint density at radius 3 is 2.88 bits per heavy atom. The summed E-state index contributed by atoms with van der Waals surface area (Å²) in [6, 6.07) is 0. The second-order valence-corrected chi connectivity index (χ2v) is 6.90. The van der Waals surface area contributed by atoms with E-state index in [2.05, 4.69) is 10.1 Å². The van der Waals surface area contributed by atoms with E-state index in [9.17, 15) is 4.79 Å². The fourth-order valence-corrected chi connectivity index (χ4v) is 4.15. The molecule has 1 aliphatic carbocycles. The molecule has 0 radical (unpaired) electrons. The molecular formula is C18H23N5O. The first-order valence-corrected chi connectivity index (χ1v) is 8.72. The molecule has 1 fully saturated rings. The van der Waals surface area contributed by atoms with Gasteiger partial charge in [-0.25, -0.2) is 9.97 Å². The Morgan fingerprint density at radius 2 is 2.12 bits per heavy atom. The van der Waals surface area contributed by atoms with Crippen molar-refractivity contribution in [1.29, 1.82) is 0 Å². The highest BCUT2D eigenvalue weighted by Crippen LogP contribution is 2.40. The molecule has 0 N–H and O–H groups in total. The van der Waals surface area contributed by atoms with Crippen molar-refractivity contribution in [2.45, 2.75) is 46.1 Å². The highest BCUT2D eigenvalue weighted by atomic mass is 16.2. The van der Waals surface area contributed by atoms with Crippen LogP contribution in [0.2, 0.25) is 0 Å². The smallest absolute Gasteiger partial charge is 0.257 e. The van der Waals surface area contributed by atoms with E-state index < -0.39 is 0 Å². The molecule has 1 aliphatic heterocycles. The Labute approximate surface area is 141 Å². The number of hydrogen-bond acceptors (Lipinski definition) is 4. The minimum atomic E-state index is 0.105. The van der Waals surface area contributed by atoms with Gasteiger partial charge in [-0.3, -0.25) is 9.48 Å². The van der Waals surface area contributed by atoms with Gasteiger partial charge in [0.15, 0.2) is 0 Å². The van der Waals surface area contributed by atoms with Crippen molar-refractivity contribution in [2.75, 3.05) is 13.1 Å². The number of carbonyl (C=O) groups is 1. The van der Waals surface area contributed by atoms with Crippen molar-refractivity contribution >= 4 is 5.91 Å². The van der Waals surface area contributed by atoms with E-state index in [0.717, 1.165) is 55.3 Å². The summed E-state index contributed by atoms with van der Waals surface area (Å²) in [5.41, 5.74) is 4.10. The Balaban J connectivity index is 1.60. The summed E-state index contributed by atoms with van der Waals surface area (Å²) in [6.45, 7) is 8.31. The van der Waals surface area contributed by atoms with E-state index >= 15 is 0 Å². The average Bonchev–Trinajstić information content (AvgIpc) is 3.17. The lowest BCUT2D eigenvalue weighted by atomic mass is 9.80. The first-order valence-electron chi connectivity index (χ1n) is 8.72. The van der Waals surface area contributed by atoms with Crippen molar-refractivity contribution in [3.8, 4) is 0 Å². The zero-order chi connectivity index (χ0) is 16.8. The lowest BCUT2D eigenvalue weighted by molar-refractivity contribution is 0.0785. The number of rotatable bonds is 2. The predicted molar refractivity (Wildman–Crippen MR) is 89.9 cm³/mol. The summed E-state index contributed by atoms with van der Waals surface area (Å²) >= 11 is 0. The third-order valence-electron chi connectivity index (χ3n) is 5.52. The summed E-state index contributed by atoms with van der Waals surface area (Å²) in [6.07, 6.45) is 5.81. The standard InChI is InChI=1S/C18H23N5O/c1-4-23-11(2)15(8-20-23)18(24)22-9-14-6-5-13-7-19-12(3)21-17(13)16(14)10-22/h7-8,14,16H,4-6,9-10H2,1-3H3/t14-,16+/m1/s1. The molecule has 24 heavy (non-hydrogen) atoms. The number of likely N-dealkylation sites (tertiary alicyclic amines) is 1. The Bertz CT molecular complexity index is 797. The molecule has 2 aromatic rings. The maximum absolute atomic E-state index is 13.0. The van der Waals surface area contributed by atoms with Crippen molar-refractivity contribution < 1.29 is 4.79 Å². The second-order valence-electron chi connectivity index (χ2n) is 6.90. The summed E-state index contributed by atoms with van der Waals surface area (Å²) in [7, 11) is 0. The predicted octanol–water partition coefficient (Wildman–Crippen LogP) is 2.11. The summed E-state index contributed by atoms with van der Waals surface area (Å²) in [5.74, 6) is 1.78. The van der Waals surface area contributed by atoms with E-state index in [1.165, 1.54) is 5.56 Å². The van der Waals surface area contributed by atoms with E-state index in [4.69, 9.17) is 4.98 Å². The first kappa shape index (κ1) is 15.3. The van der Waals surface area contributed by atoms with Gasteiger partial charge in [0.2, 0.25) is 0 Å². The summed E-state index contributed by atoms with van der Waals surface area (Å²) in [5, 5.41) is 4.31. The number of hydrogen-bond donors (Lipinski definition) is 0. The van der Waals surface area contributed by atoms with Gasteiger partial charge in [0.25, 0.3) is 5.91 Å². The van der Waals surface area contributed by atoms with Crippen LogP contribution < -0.4 is 0 Å². The van der Waals surface area contributed by atoms with E-state index in [0.29, 0.717) is 11.8 Å². The number of carbonyl (C=O) groups excluding carboxylic acids is 1. The molecule has 0 spiro atoms. The van der Waals surface area contributed by atoms with Crippen LogP contribution in [0.25, 0.3) is 0 Å². The fraction of sp³-hybridized carbons (Fsp3) is 0.556. The quantitative estimate of drug-likeness (QED) is 0.848. The van der Waals surface area contributed by atoms with Crippen LogP contribution in [0, 0.1) is 19.8 Å². The number of nitrogens with zero attached hydrogens (tertiary/aromatic N) is 5. The number of aromatic nitrogens is 4. The monoisotopic (exact) mass is 325 g/mol. The van der Waals surface area contributed by atoms with Crippen LogP contribution in [0.4, 0.5) is 0 Å². The lowest BCUT2D eigenvalue weighted by Crippen LogP contribution is -2.29. The van der Waals surface area contributed by atoms with Crippen LogP contribution in [-0.4, -0.2) is 43.6 Å². The molecule has 0 aromatic carbocycles. The molecule has 3 heterocycles. The Hall–Kier alpha value is -2.24. The normalized spacial score (nSPS) is 22.4. The third-order valence-corrected chi connectivity index (χ3v) is 5.52. The molecule has 0 bridgehead atoms. The van der Waals surface area contributed by atoms with Gasteiger partial charge >= 0.3 is 0 Å². The molecule has 0 saturated carbocycles. The SMILES string of the molecule is CCn1ncc(C(=O)N2C[C@H]3CCc4cnc(C)nc4[C@H]3C2)c1C. The van der Waals surface area contributed by atoms with Crippen LogP contribution >= 0.6 is 0 Å². The number of amides is 1. The molecule has 1 saturated heterocycles. The molecule has 6 heteroatoms. The molecular weight excluding hydrogens is 302 g/mol. The largest absolute Gasteiger partial charge is 0.338 e. The van der Waals surface area contributed by atoms with Crippen molar-refractivity contribution in [1.82, 2.24) is 24.6 Å². The van der Waals surface area contributed by atoms with Gasteiger partial charge in [-0.15, -0.1) is 0 Å². The topological polar surface area (TPSA) is 63.9 Å². The minimum absolute atomic E-state index is 0.105. The molecule has 6 nitrogen and oxygen atoms in total. The molecule has 0 unspecified atom stereocenters. The van der Waals surface area contributed by atoms with Crippen LogP contribution in [0.1, 0.15) is 52.4 Å². The van der Waals surface area contributed by atoms with Crippen LogP contribution in [-0.2, 0) is 13.0 Å². The van der Waals surface area contributed by atoms with Gasteiger partial charge in [-0.2, -0.15) is 5.10 Å². The first-order chi connectivity index (χ1) is 11.6. The molecule has 1 amide bonds. The maximum atomic E-state index is 13.0. The molecule has 2 aliphatic rings. The third kappa shape index (κ3) is 2.32. The van der Waals surface area contributed by atoms with Gasteiger partial charge in [-0.05, 0) is 45.1 Å². The zero-order valence-corrected chi connectivity index (χ0v) is 14.5. The van der Waals surface area contributed by atoms with Gasteiger partial charge in [0, 0.05) is 37.4 Å². The fourth-order valence-electron chi connectivity index (χ4n) is 4.15. The van der Waals surface area contributed by atoms with Crippen LogP contribution in [0.15, 0.2) is 12.4 Å². The molecule has 4 rings (SSSR count). The average molecular weight is 325 g/mol. The van der Waals surface area contributed by atoms with Gasteiger partial charge in [0.1, 0.15) is 5.82 Å². The second kappa shape index (κ2) is 5.69. The van der Waals surface area contributed by atoms with Gasteiger partial charge < -0.3 is 4.90 Å². The molecule has 2 aromatic heterocycles. The van der Waals surface area contributed by atoms with Crippen molar-refractivity contribution in [3.05, 3.63) is 40.7 Å².